The summed E-state index contributed by atoms with van der Waals surface area (Å²) in [6, 6.07) is 0. The first-order valence-electron chi connectivity index (χ1n) is 4.20. The minimum atomic E-state index is 0.580. The van der Waals surface area contributed by atoms with Crippen LogP contribution in [0.2, 0.25) is 0 Å². The second kappa shape index (κ2) is 7.17. The zero-order chi connectivity index (χ0) is 9.40. The van der Waals surface area contributed by atoms with E-state index in [-0.39, 0.29) is 0 Å². The Morgan fingerprint density at radius 1 is 1.67 bits per heavy atom. The molecule has 2 heteroatoms. The number of allylic oxidation sites excluding steroid dienone is 1. The molecule has 0 bridgehead atoms. The fourth-order valence-electron chi connectivity index (χ4n) is 0.851. The van der Waals surface area contributed by atoms with Crippen molar-refractivity contribution in [2.24, 2.45) is 10.9 Å². The molecule has 0 N–H and O–H groups in total. The quantitative estimate of drug-likeness (QED) is 0.450. The molecule has 0 spiro atoms. The third kappa shape index (κ3) is 5.19. The van der Waals surface area contributed by atoms with E-state index in [4.69, 9.17) is 0 Å². The van der Waals surface area contributed by atoms with Gasteiger partial charge in [0.25, 0.3) is 0 Å². The second-order valence-electron chi connectivity index (χ2n) is 2.71. The lowest BCUT2D eigenvalue weighted by atomic mass is 10.1. The number of nitrogens with zero attached hydrogens (tertiary/aromatic N) is 1. The maximum Gasteiger partial charge on any atom is 0.0640 e. The fraction of sp³-hybridized carbons (Fsp3) is 0.500. The number of thioether (sulfide) groups is 1. The number of rotatable bonds is 6. The van der Waals surface area contributed by atoms with Gasteiger partial charge in [0.2, 0.25) is 0 Å². The molecule has 1 atom stereocenters. The lowest BCUT2D eigenvalue weighted by Gasteiger charge is -2.09. The Labute approximate surface area is 79.7 Å². The predicted molar refractivity (Wildman–Crippen MR) is 59.5 cm³/mol. The van der Waals surface area contributed by atoms with E-state index in [2.05, 4.69) is 32.0 Å². The zero-order valence-corrected chi connectivity index (χ0v) is 8.73. The van der Waals surface area contributed by atoms with Crippen LogP contribution in [0, 0.1) is 5.92 Å². The highest BCUT2D eigenvalue weighted by Gasteiger charge is 2.03. The highest BCUT2D eigenvalue weighted by molar-refractivity contribution is 8.15. The summed E-state index contributed by atoms with van der Waals surface area (Å²) in [7, 11) is 0. The molecule has 0 fully saturated rings. The van der Waals surface area contributed by atoms with Gasteiger partial charge in [-0.05, 0) is 17.2 Å². The number of hydrogen-bond donors (Lipinski definition) is 0. The predicted octanol–water partition coefficient (Wildman–Crippen LogP) is 3.84. The summed E-state index contributed by atoms with van der Waals surface area (Å²) in [5, 5.41) is 0. The average molecular weight is 183 g/mol. The van der Waals surface area contributed by atoms with Crippen molar-refractivity contribution in [3.8, 4) is 0 Å². The first kappa shape index (κ1) is 11.5. The summed E-state index contributed by atoms with van der Waals surface area (Å²) < 4.78 is 0. The molecule has 0 radical (unpaired) electrons. The van der Waals surface area contributed by atoms with Crippen LogP contribution in [0.3, 0.4) is 0 Å². The van der Waals surface area contributed by atoms with Crippen LogP contribution in [-0.2, 0) is 0 Å². The maximum atomic E-state index is 3.98. The molecule has 0 amide bonds. The van der Waals surface area contributed by atoms with Crippen molar-refractivity contribution >= 4 is 17.3 Å². The van der Waals surface area contributed by atoms with Crippen molar-refractivity contribution in [3.05, 3.63) is 24.3 Å². The molecule has 1 unspecified atom stereocenters. The molecule has 0 aromatic carbocycles. The van der Waals surface area contributed by atoms with Crippen LogP contribution in [0.4, 0.5) is 0 Å². The minimum absolute atomic E-state index is 0.580. The van der Waals surface area contributed by atoms with Crippen molar-refractivity contribution in [2.75, 3.05) is 0 Å². The smallest absolute Gasteiger partial charge is 0.0640 e. The summed E-state index contributed by atoms with van der Waals surface area (Å²) in [5.74, 6) is 0.580. The summed E-state index contributed by atoms with van der Waals surface area (Å²) in [5.41, 5.74) is 1.78. The monoisotopic (exact) mass is 183 g/mol. The molecule has 0 heterocycles. The van der Waals surface area contributed by atoms with Gasteiger partial charge in [-0.3, -0.25) is 4.99 Å². The van der Waals surface area contributed by atoms with Crippen LogP contribution < -0.4 is 0 Å². The van der Waals surface area contributed by atoms with Crippen molar-refractivity contribution < 1.29 is 0 Å². The van der Waals surface area contributed by atoms with Gasteiger partial charge in [-0.15, -0.1) is 0 Å². The van der Waals surface area contributed by atoms with Gasteiger partial charge in [0.1, 0.15) is 0 Å². The van der Waals surface area contributed by atoms with Crippen LogP contribution in [0.1, 0.15) is 26.7 Å². The van der Waals surface area contributed by atoms with Crippen molar-refractivity contribution in [1.82, 2.24) is 0 Å². The lowest BCUT2D eigenvalue weighted by Crippen LogP contribution is -1.93. The molecule has 0 rings (SSSR count). The zero-order valence-electron chi connectivity index (χ0n) is 7.92. The minimum Gasteiger partial charge on any atom is -0.258 e. The van der Waals surface area contributed by atoms with Crippen molar-refractivity contribution in [2.45, 2.75) is 26.7 Å². The first-order chi connectivity index (χ1) is 5.72. The van der Waals surface area contributed by atoms with Crippen LogP contribution in [0.5, 0.6) is 0 Å². The maximum absolute atomic E-state index is 3.98. The van der Waals surface area contributed by atoms with E-state index < -0.39 is 0 Å². The van der Waals surface area contributed by atoms with Crippen LogP contribution in [0.15, 0.2) is 29.3 Å². The van der Waals surface area contributed by atoms with Gasteiger partial charge in [0.15, 0.2) is 0 Å². The van der Waals surface area contributed by atoms with E-state index in [1.165, 1.54) is 23.9 Å². The highest BCUT2D eigenvalue weighted by atomic mass is 32.2. The van der Waals surface area contributed by atoms with Crippen molar-refractivity contribution in [3.63, 3.8) is 0 Å². The van der Waals surface area contributed by atoms with Gasteiger partial charge in [-0.25, -0.2) is 0 Å². The molecule has 0 aromatic rings. The third-order valence-corrected chi connectivity index (χ3v) is 2.57. The molecule has 0 saturated heterocycles. The Balaban J connectivity index is 3.70. The first-order valence-corrected chi connectivity index (χ1v) is 5.08. The molecular weight excluding hydrogens is 166 g/mol. The summed E-state index contributed by atoms with van der Waals surface area (Å²) in [6.07, 6.45) is 3.94. The Morgan fingerprint density at radius 3 is 2.83 bits per heavy atom. The van der Waals surface area contributed by atoms with Gasteiger partial charge in [-0.1, -0.05) is 45.2 Å². The Kier molecular flexibility index (Phi) is 6.87. The molecule has 0 aliphatic rings. The molecular formula is C10H17NS. The van der Waals surface area contributed by atoms with E-state index in [0.717, 1.165) is 0 Å². The number of aliphatic imine (C=N–C) groups is 1. The number of hydrogen-bond acceptors (Lipinski definition) is 2. The lowest BCUT2D eigenvalue weighted by molar-refractivity contribution is 0.628. The van der Waals surface area contributed by atoms with Crippen LogP contribution in [0.25, 0.3) is 0 Å². The van der Waals surface area contributed by atoms with Gasteiger partial charge in [0.05, 0.1) is 5.55 Å². The van der Waals surface area contributed by atoms with Crippen molar-refractivity contribution in [1.29, 1.82) is 0 Å². The topological polar surface area (TPSA) is 12.4 Å². The van der Waals surface area contributed by atoms with E-state index >= 15 is 0 Å². The molecule has 68 valence electrons. The summed E-state index contributed by atoms with van der Waals surface area (Å²) in [4.78, 5) is 5.08. The van der Waals surface area contributed by atoms with E-state index in [1.807, 2.05) is 0 Å². The van der Waals surface area contributed by atoms with E-state index in [0.29, 0.717) is 5.92 Å². The Bertz CT molecular complexity index is 173. The normalized spacial score (nSPS) is 13.2. The molecule has 0 aliphatic carbocycles. The molecule has 0 aliphatic heterocycles. The highest BCUT2D eigenvalue weighted by Crippen LogP contribution is 2.23. The van der Waals surface area contributed by atoms with E-state index in [1.54, 1.807) is 17.3 Å². The largest absolute Gasteiger partial charge is 0.258 e. The SMILES string of the molecule is C=C/N=C\SC(=C)C(C)CCC. The second-order valence-corrected chi connectivity index (χ2v) is 3.68. The molecule has 0 saturated carbocycles. The molecule has 1 nitrogen and oxygen atoms in total. The van der Waals surface area contributed by atoms with Gasteiger partial charge in [0, 0.05) is 6.20 Å². The van der Waals surface area contributed by atoms with E-state index in [9.17, 15) is 0 Å². The average Bonchev–Trinajstić information content (AvgIpc) is 2.05. The third-order valence-electron chi connectivity index (χ3n) is 1.64. The Morgan fingerprint density at radius 2 is 2.33 bits per heavy atom. The molecule has 0 aromatic heterocycles. The van der Waals surface area contributed by atoms with Crippen LogP contribution >= 0.6 is 11.8 Å². The summed E-state index contributed by atoms with van der Waals surface area (Å²) >= 11 is 1.59. The standard InChI is InChI=1S/C10H17NS/c1-5-7-9(3)10(4)12-8-11-6-2/h6,8-9H,2,4-5,7H2,1,3H3/b11-8-. The fourth-order valence-corrected chi connectivity index (χ4v) is 1.48. The van der Waals surface area contributed by atoms with Gasteiger partial charge < -0.3 is 0 Å². The van der Waals surface area contributed by atoms with Gasteiger partial charge >= 0.3 is 0 Å². The molecule has 12 heavy (non-hydrogen) atoms. The summed E-state index contributed by atoms with van der Waals surface area (Å²) in [6.45, 7) is 11.9. The van der Waals surface area contributed by atoms with Gasteiger partial charge in [-0.2, -0.15) is 0 Å². The van der Waals surface area contributed by atoms with Crippen LogP contribution in [-0.4, -0.2) is 5.55 Å². The Hall–Kier alpha value is -0.500.